The van der Waals surface area contributed by atoms with Gasteiger partial charge in [0.05, 0.1) is 18.5 Å². The third-order valence-corrected chi connectivity index (χ3v) is 3.86. The Morgan fingerprint density at radius 1 is 1.47 bits per heavy atom. The molecule has 0 bridgehead atoms. The number of rotatable bonds is 4. The van der Waals surface area contributed by atoms with Crippen molar-refractivity contribution < 1.29 is 9.13 Å². The number of benzene rings is 1. The molecular weight excluding hydrogens is 213 g/mol. The van der Waals surface area contributed by atoms with Gasteiger partial charge in [-0.3, -0.25) is 0 Å². The molecule has 0 spiro atoms. The van der Waals surface area contributed by atoms with Gasteiger partial charge in [0, 0.05) is 17.4 Å². The van der Waals surface area contributed by atoms with Gasteiger partial charge in [-0.1, -0.05) is 18.2 Å². The predicted molar refractivity (Wildman–Crippen MR) is 60.4 cm³/mol. The Kier molecular flexibility index (Phi) is 3.61. The third kappa shape index (κ3) is 2.51. The van der Waals surface area contributed by atoms with E-state index in [4.69, 9.17) is 10.5 Å². The van der Waals surface area contributed by atoms with E-state index >= 15 is 0 Å². The summed E-state index contributed by atoms with van der Waals surface area (Å²) in [6.45, 7) is 1.98. The number of halogens is 1. The molecule has 1 aliphatic rings. The molecule has 0 aromatic heterocycles. The fraction of sp³-hybridized carbons (Fsp3) is 0.455. The minimum Gasteiger partial charge on any atom is -0.379 e. The van der Waals surface area contributed by atoms with Crippen molar-refractivity contribution in [3.63, 3.8) is 0 Å². The lowest BCUT2D eigenvalue weighted by Crippen LogP contribution is -2.32. The quantitative estimate of drug-likeness (QED) is 0.854. The van der Waals surface area contributed by atoms with Crippen LogP contribution in [0, 0.1) is 5.82 Å². The van der Waals surface area contributed by atoms with Gasteiger partial charge in [-0.05, 0) is 6.07 Å². The van der Waals surface area contributed by atoms with E-state index in [2.05, 4.69) is 0 Å². The molecule has 1 aliphatic heterocycles. The molecule has 0 aliphatic carbocycles. The second kappa shape index (κ2) is 4.96. The minimum absolute atomic E-state index is 0.0418. The summed E-state index contributed by atoms with van der Waals surface area (Å²) in [6.07, 6.45) is 0. The Morgan fingerprint density at radius 2 is 2.20 bits per heavy atom. The van der Waals surface area contributed by atoms with Crippen molar-refractivity contribution in [2.24, 2.45) is 5.73 Å². The summed E-state index contributed by atoms with van der Waals surface area (Å²) in [5.74, 6) is -0.166. The lowest BCUT2D eigenvalue weighted by Gasteiger charge is -2.29. The number of hydrogen-bond acceptors (Lipinski definition) is 3. The van der Waals surface area contributed by atoms with Crippen molar-refractivity contribution >= 4 is 11.8 Å². The molecule has 0 saturated carbocycles. The second-order valence-corrected chi connectivity index (χ2v) is 5.05. The highest BCUT2D eigenvalue weighted by molar-refractivity contribution is 8.00. The molecule has 1 aromatic carbocycles. The minimum atomic E-state index is -0.166. The molecule has 1 fully saturated rings. The van der Waals surface area contributed by atoms with Crippen molar-refractivity contribution in [3.8, 4) is 0 Å². The lowest BCUT2D eigenvalue weighted by molar-refractivity contribution is 0.0453. The fourth-order valence-corrected chi connectivity index (χ4v) is 2.78. The van der Waals surface area contributed by atoms with Crippen LogP contribution in [0.2, 0.25) is 0 Å². The smallest absolute Gasteiger partial charge is 0.127 e. The van der Waals surface area contributed by atoms with Gasteiger partial charge in [-0.25, -0.2) is 4.39 Å². The number of thioether (sulfide) groups is 1. The zero-order valence-corrected chi connectivity index (χ0v) is 9.17. The van der Waals surface area contributed by atoms with Crippen molar-refractivity contribution in [1.82, 2.24) is 0 Å². The average Bonchev–Trinajstić information content (AvgIpc) is 2.19. The van der Waals surface area contributed by atoms with Crippen LogP contribution in [0.5, 0.6) is 0 Å². The Labute approximate surface area is 93.0 Å². The Hall–Kier alpha value is -0.580. The Balaban J connectivity index is 2.07. The Morgan fingerprint density at radius 3 is 2.73 bits per heavy atom. The van der Waals surface area contributed by atoms with Crippen molar-refractivity contribution in [2.45, 2.75) is 10.5 Å². The van der Waals surface area contributed by atoms with Crippen LogP contribution in [0.3, 0.4) is 0 Å². The topological polar surface area (TPSA) is 35.2 Å². The molecule has 2 N–H and O–H groups in total. The van der Waals surface area contributed by atoms with E-state index in [0.717, 1.165) is 13.2 Å². The molecule has 2 rings (SSSR count). The maximum absolute atomic E-state index is 13.5. The first-order valence-corrected chi connectivity index (χ1v) is 5.93. The summed E-state index contributed by atoms with van der Waals surface area (Å²) < 4.78 is 18.6. The second-order valence-electron chi connectivity index (χ2n) is 3.54. The van der Waals surface area contributed by atoms with Crippen LogP contribution in [0.1, 0.15) is 10.8 Å². The van der Waals surface area contributed by atoms with E-state index in [1.807, 2.05) is 6.07 Å². The zero-order chi connectivity index (χ0) is 10.7. The van der Waals surface area contributed by atoms with Gasteiger partial charge in [-0.2, -0.15) is 0 Å². The van der Waals surface area contributed by atoms with Crippen LogP contribution in [0.15, 0.2) is 24.3 Å². The van der Waals surface area contributed by atoms with E-state index in [-0.39, 0.29) is 11.1 Å². The lowest BCUT2D eigenvalue weighted by atomic mass is 10.1. The number of ether oxygens (including phenoxy) is 1. The Bertz CT molecular complexity index is 330. The predicted octanol–water partition coefficient (Wildman–Crippen LogP) is 1.96. The largest absolute Gasteiger partial charge is 0.379 e. The monoisotopic (exact) mass is 227 g/mol. The van der Waals surface area contributed by atoms with Crippen LogP contribution in [0.25, 0.3) is 0 Å². The fourth-order valence-electron chi connectivity index (χ4n) is 1.52. The molecule has 82 valence electrons. The molecule has 1 heterocycles. The summed E-state index contributed by atoms with van der Waals surface area (Å²) in [5, 5.41) is 0.512. The third-order valence-electron chi connectivity index (χ3n) is 2.43. The molecule has 1 atom stereocenters. The van der Waals surface area contributed by atoms with Crippen LogP contribution >= 0.6 is 11.8 Å². The molecule has 15 heavy (non-hydrogen) atoms. The van der Waals surface area contributed by atoms with Crippen LogP contribution < -0.4 is 5.73 Å². The summed E-state index contributed by atoms with van der Waals surface area (Å²) in [5.41, 5.74) is 6.38. The zero-order valence-electron chi connectivity index (χ0n) is 8.36. The molecular formula is C11H14FNOS. The first-order valence-electron chi connectivity index (χ1n) is 4.99. The summed E-state index contributed by atoms with van der Waals surface area (Å²) >= 11 is 1.71. The summed E-state index contributed by atoms with van der Waals surface area (Å²) in [7, 11) is 0. The van der Waals surface area contributed by atoms with Crippen molar-refractivity contribution in [2.75, 3.05) is 19.8 Å². The van der Waals surface area contributed by atoms with Crippen LogP contribution in [0.4, 0.5) is 4.39 Å². The van der Waals surface area contributed by atoms with Gasteiger partial charge in [0.25, 0.3) is 0 Å². The highest BCUT2D eigenvalue weighted by Gasteiger charge is 2.25. The van der Waals surface area contributed by atoms with Gasteiger partial charge >= 0.3 is 0 Å². The summed E-state index contributed by atoms with van der Waals surface area (Å²) in [4.78, 5) is 0. The molecule has 0 amide bonds. The number of nitrogens with two attached hydrogens (primary N) is 1. The molecule has 1 aromatic rings. The molecule has 1 unspecified atom stereocenters. The highest BCUT2D eigenvalue weighted by Crippen LogP contribution is 2.35. The SMILES string of the molecule is NCC(SC1COC1)c1ccccc1F. The molecule has 1 saturated heterocycles. The first kappa shape index (κ1) is 10.9. The summed E-state index contributed by atoms with van der Waals surface area (Å²) in [6, 6.07) is 6.83. The van der Waals surface area contributed by atoms with E-state index < -0.39 is 0 Å². The van der Waals surface area contributed by atoms with Gasteiger partial charge in [0.1, 0.15) is 5.82 Å². The van der Waals surface area contributed by atoms with E-state index in [9.17, 15) is 4.39 Å². The van der Waals surface area contributed by atoms with Gasteiger partial charge < -0.3 is 10.5 Å². The van der Waals surface area contributed by atoms with Gasteiger partial charge in [0.2, 0.25) is 0 Å². The highest BCUT2D eigenvalue weighted by atomic mass is 32.2. The number of hydrogen-bond donors (Lipinski definition) is 1. The van der Waals surface area contributed by atoms with Crippen LogP contribution in [-0.2, 0) is 4.74 Å². The van der Waals surface area contributed by atoms with Gasteiger partial charge in [0.15, 0.2) is 0 Å². The maximum Gasteiger partial charge on any atom is 0.127 e. The molecule has 0 radical (unpaired) electrons. The van der Waals surface area contributed by atoms with E-state index in [1.165, 1.54) is 6.07 Å². The van der Waals surface area contributed by atoms with E-state index in [0.29, 0.717) is 17.4 Å². The van der Waals surface area contributed by atoms with E-state index in [1.54, 1.807) is 23.9 Å². The molecule has 2 nitrogen and oxygen atoms in total. The van der Waals surface area contributed by atoms with Crippen molar-refractivity contribution in [1.29, 1.82) is 0 Å². The first-order chi connectivity index (χ1) is 7.31. The average molecular weight is 227 g/mol. The van der Waals surface area contributed by atoms with Gasteiger partial charge in [-0.15, -0.1) is 11.8 Å². The normalized spacial score (nSPS) is 18.5. The standard InChI is InChI=1S/C11H14FNOS/c12-10-4-2-1-3-9(10)11(5-13)15-8-6-14-7-8/h1-4,8,11H,5-7,13H2. The molecule has 4 heteroatoms. The van der Waals surface area contributed by atoms with Crippen LogP contribution in [-0.4, -0.2) is 25.0 Å². The van der Waals surface area contributed by atoms with Crippen molar-refractivity contribution in [3.05, 3.63) is 35.6 Å². The maximum atomic E-state index is 13.5.